The lowest BCUT2D eigenvalue weighted by Gasteiger charge is -2.08. The Morgan fingerprint density at radius 1 is 0.882 bits per heavy atom. The second kappa shape index (κ2) is 16.5. The van der Waals surface area contributed by atoms with Crippen LogP contribution in [0.4, 0.5) is 0 Å². The Morgan fingerprint density at radius 3 is 1.91 bits per heavy atom. The summed E-state index contributed by atoms with van der Waals surface area (Å²) in [4.78, 5) is 17.0. The predicted octanol–water partition coefficient (Wildman–Crippen LogP) is 7.15. The molecular formula is C29H45NO4. The van der Waals surface area contributed by atoms with Crippen LogP contribution in [-0.4, -0.2) is 34.6 Å². The molecule has 0 amide bonds. The number of aliphatic imine (C=N–C) groups is 1. The normalized spacial score (nSPS) is 16.4. The van der Waals surface area contributed by atoms with Crippen LogP contribution in [0, 0.1) is 6.92 Å². The van der Waals surface area contributed by atoms with Gasteiger partial charge in [-0.05, 0) is 25.3 Å². The Labute approximate surface area is 206 Å². The molecule has 1 aliphatic heterocycles. The molecule has 1 aliphatic rings. The number of hydrogen-bond acceptors (Lipinski definition) is 5. The standard InChI is InChI=1S/C29H45NO4/c1-3-4-5-6-7-8-9-10-11-12-13-14-15-16-25(27-28(32)26(22-31)34-29(27)33)30-21-24-19-17-23(2)18-20-24/h17-20,26,31-32H,3-16,21-22H2,1-2H3. The summed E-state index contributed by atoms with van der Waals surface area (Å²) in [5, 5.41) is 19.8. The quantitative estimate of drug-likeness (QED) is 0.135. The fourth-order valence-electron chi connectivity index (χ4n) is 4.37. The van der Waals surface area contributed by atoms with Crippen molar-refractivity contribution in [3.63, 3.8) is 0 Å². The van der Waals surface area contributed by atoms with Gasteiger partial charge in [-0.15, -0.1) is 0 Å². The van der Waals surface area contributed by atoms with Crippen LogP contribution in [0.1, 0.15) is 108 Å². The largest absolute Gasteiger partial charge is 0.507 e. The van der Waals surface area contributed by atoms with Crippen LogP contribution >= 0.6 is 0 Å². The molecule has 5 heteroatoms. The molecule has 0 bridgehead atoms. The molecule has 0 saturated carbocycles. The molecule has 34 heavy (non-hydrogen) atoms. The van der Waals surface area contributed by atoms with Gasteiger partial charge in [0.2, 0.25) is 0 Å². The lowest BCUT2D eigenvalue weighted by Crippen LogP contribution is -2.15. The minimum atomic E-state index is -0.973. The van der Waals surface area contributed by atoms with Gasteiger partial charge in [0, 0.05) is 0 Å². The first kappa shape index (κ1) is 28.1. The number of aryl methyl sites for hydroxylation is 1. The summed E-state index contributed by atoms with van der Waals surface area (Å²) >= 11 is 0. The van der Waals surface area contributed by atoms with Gasteiger partial charge in [-0.2, -0.15) is 0 Å². The molecule has 0 saturated heterocycles. The summed E-state index contributed by atoms with van der Waals surface area (Å²) in [7, 11) is 0. The fraction of sp³-hybridized carbons (Fsp3) is 0.655. The van der Waals surface area contributed by atoms with E-state index < -0.39 is 18.7 Å². The Kier molecular flexibility index (Phi) is 13.6. The van der Waals surface area contributed by atoms with E-state index in [1.807, 2.05) is 31.2 Å². The minimum Gasteiger partial charge on any atom is -0.507 e. The Morgan fingerprint density at radius 2 is 1.41 bits per heavy atom. The zero-order valence-corrected chi connectivity index (χ0v) is 21.4. The van der Waals surface area contributed by atoms with Crippen LogP contribution in [0.3, 0.4) is 0 Å². The van der Waals surface area contributed by atoms with Gasteiger partial charge >= 0.3 is 5.97 Å². The fourth-order valence-corrected chi connectivity index (χ4v) is 4.37. The number of unbranched alkanes of at least 4 members (excludes halogenated alkanes) is 12. The average molecular weight is 472 g/mol. The van der Waals surface area contributed by atoms with Gasteiger partial charge in [0.15, 0.2) is 11.9 Å². The Bertz CT molecular complexity index is 782. The maximum atomic E-state index is 12.4. The van der Waals surface area contributed by atoms with Gasteiger partial charge < -0.3 is 14.9 Å². The molecule has 5 nitrogen and oxygen atoms in total. The number of cyclic esters (lactones) is 1. The first-order valence-corrected chi connectivity index (χ1v) is 13.4. The molecule has 1 unspecified atom stereocenters. The highest BCUT2D eigenvalue weighted by atomic mass is 16.6. The van der Waals surface area contributed by atoms with Crippen molar-refractivity contribution in [1.29, 1.82) is 0 Å². The second-order valence-electron chi connectivity index (χ2n) is 9.58. The highest BCUT2D eigenvalue weighted by molar-refractivity contribution is 6.21. The van der Waals surface area contributed by atoms with Gasteiger partial charge in [0.1, 0.15) is 5.57 Å². The molecule has 2 rings (SSSR count). The number of benzene rings is 1. The first-order valence-electron chi connectivity index (χ1n) is 13.4. The molecule has 0 spiro atoms. The van der Waals surface area contributed by atoms with Crippen LogP contribution in [0.5, 0.6) is 0 Å². The monoisotopic (exact) mass is 471 g/mol. The average Bonchev–Trinajstić information content (AvgIpc) is 3.13. The zero-order chi connectivity index (χ0) is 24.6. The lowest BCUT2D eigenvalue weighted by molar-refractivity contribution is -0.141. The molecule has 0 aliphatic carbocycles. The van der Waals surface area contributed by atoms with Crippen LogP contribution in [-0.2, 0) is 16.1 Å². The topological polar surface area (TPSA) is 79.1 Å². The molecule has 0 aromatic heterocycles. The number of hydrogen-bond donors (Lipinski definition) is 2. The third-order valence-electron chi connectivity index (χ3n) is 6.56. The van der Waals surface area contributed by atoms with Crippen molar-refractivity contribution in [3.05, 3.63) is 46.7 Å². The lowest BCUT2D eigenvalue weighted by atomic mass is 10.0. The van der Waals surface area contributed by atoms with E-state index in [1.165, 1.54) is 76.2 Å². The predicted molar refractivity (Wildman–Crippen MR) is 139 cm³/mol. The van der Waals surface area contributed by atoms with Gasteiger partial charge in [-0.3, -0.25) is 4.99 Å². The molecule has 0 fully saturated rings. The van der Waals surface area contributed by atoms with Gasteiger partial charge in [-0.1, -0.05) is 114 Å². The molecule has 1 heterocycles. The number of aliphatic hydroxyl groups is 2. The SMILES string of the molecule is CCCCCCCCCCCCCCCC(=NCc1ccc(C)cc1)C1=C(O)C(CO)OC1=O. The van der Waals surface area contributed by atoms with Crippen LogP contribution in [0.15, 0.2) is 40.6 Å². The van der Waals surface area contributed by atoms with Crippen molar-refractivity contribution in [2.75, 3.05) is 6.61 Å². The number of esters is 1. The number of carbonyl (C=O) groups excluding carboxylic acids is 1. The van der Waals surface area contributed by atoms with Crippen molar-refractivity contribution in [1.82, 2.24) is 0 Å². The van der Waals surface area contributed by atoms with E-state index in [0.29, 0.717) is 18.7 Å². The van der Waals surface area contributed by atoms with Crippen molar-refractivity contribution in [2.45, 2.75) is 116 Å². The number of ether oxygens (including phenoxy) is 1. The van der Waals surface area contributed by atoms with E-state index in [1.54, 1.807) is 0 Å². The van der Waals surface area contributed by atoms with E-state index in [0.717, 1.165) is 18.4 Å². The van der Waals surface area contributed by atoms with Crippen LogP contribution < -0.4 is 0 Å². The highest BCUT2D eigenvalue weighted by Gasteiger charge is 2.36. The molecule has 1 aromatic carbocycles. The number of carbonyl (C=O) groups is 1. The molecule has 1 aromatic rings. The summed E-state index contributed by atoms with van der Waals surface area (Å²) in [5.41, 5.74) is 2.97. The van der Waals surface area contributed by atoms with Crippen molar-refractivity contribution in [2.24, 2.45) is 4.99 Å². The van der Waals surface area contributed by atoms with Crippen molar-refractivity contribution < 1.29 is 19.7 Å². The van der Waals surface area contributed by atoms with E-state index in [4.69, 9.17) is 4.74 Å². The van der Waals surface area contributed by atoms with E-state index in [9.17, 15) is 15.0 Å². The highest BCUT2D eigenvalue weighted by Crippen LogP contribution is 2.25. The second-order valence-corrected chi connectivity index (χ2v) is 9.58. The summed E-state index contributed by atoms with van der Waals surface area (Å²) < 4.78 is 5.11. The van der Waals surface area contributed by atoms with Crippen LogP contribution in [0.2, 0.25) is 0 Å². The third-order valence-corrected chi connectivity index (χ3v) is 6.56. The van der Waals surface area contributed by atoms with Gasteiger partial charge in [0.05, 0.1) is 18.9 Å². The first-order chi connectivity index (χ1) is 16.6. The van der Waals surface area contributed by atoms with Gasteiger partial charge in [0.25, 0.3) is 0 Å². The van der Waals surface area contributed by atoms with Gasteiger partial charge in [-0.25, -0.2) is 4.79 Å². The number of aliphatic hydroxyl groups excluding tert-OH is 2. The van der Waals surface area contributed by atoms with E-state index in [-0.39, 0.29) is 11.3 Å². The molecule has 1 atom stereocenters. The number of nitrogens with zero attached hydrogens (tertiary/aromatic N) is 1. The summed E-state index contributed by atoms with van der Waals surface area (Å²) in [6.07, 6.45) is 16.2. The summed E-state index contributed by atoms with van der Waals surface area (Å²) in [6, 6.07) is 8.14. The van der Waals surface area contributed by atoms with Crippen molar-refractivity contribution >= 4 is 11.7 Å². The zero-order valence-electron chi connectivity index (χ0n) is 21.4. The maximum absolute atomic E-state index is 12.4. The number of rotatable bonds is 18. The van der Waals surface area contributed by atoms with Crippen LogP contribution in [0.25, 0.3) is 0 Å². The van der Waals surface area contributed by atoms with Crippen molar-refractivity contribution in [3.8, 4) is 0 Å². The molecular weight excluding hydrogens is 426 g/mol. The maximum Gasteiger partial charge on any atom is 0.344 e. The van der Waals surface area contributed by atoms with E-state index >= 15 is 0 Å². The summed E-state index contributed by atoms with van der Waals surface area (Å²) in [6.45, 7) is 4.32. The Balaban J connectivity index is 1.76. The third kappa shape index (κ3) is 10.0. The molecule has 190 valence electrons. The minimum absolute atomic E-state index is 0.144. The summed E-state index contributed by atoms with van der Waals surface area (Å²) in [5.74, 6) is -0.779. The molecule has 0 radical (unpaired) electrons. The van der Waals surface area contributed by atoms with E-state index in [2.05, 4.69) is 11.9 Å². The smallest absolute Gasteiger partial charge is 0.344 e. The molecule has 2 N–H and O–H groups in total. The Hall–Kier alpha value is -2.14.